The number of nitrogens with one attached hydrogen (secondary N) is 4. The number of rotatable bonds is 5. The fourth-order valence-corrected chi connectivity index (χ4v) is 3.19. The molecule has 3 aromatic heterocycles. The second-order valence-corrected chi connectivity index (χ2v) is 7.04. The molecule has 2 amide bonds. The van der Waals surface area contributed by atoms with Gasteiger partial charge in [0.15, 0.2) is 12.3 Å². The topological polar surface area (TPSA) is 201 Å². The Labute approximate surface area is 203 Å². The Balaban J connectivity index is 0.000000370. The molecular weight excluding hydrogens is 480 g/mol. The van der Waals surface area contributed by atoms with Gasteiger partial charge in [-0.15, -0.1) is 12.4 Å². The van der Waals surface area contributed by atoms with Crippen molar-refractivity contribution in [3.05, 3.63) is 65.8 Å². The van der Waals surface area contributed by atoms with Crippen LogP contribution in [0.2, 0.25) is 0 Å². The maximum Gasteiger partial charge on any atom is 0.339 e. The number of amides is 2. The van der Waals surface area contributed by atoms with Crippen LogP contribution in [0.4, 0.5) is 5.69 Å². The lowest BCUT2D eigenvalue weighted by Gasteiger charge is -2.18. The number of anilines is 1. The standard InChI is InChI=1S/C17H13N5O5.C4H7N3.ClH/c23-12-6-27-11-2-1-8(3-10(11)22-12)4-19-16(24)15-14-13(20-7-21-15)9(5-18-14)17(25)26;5-3-4-6-1-2-7-4;/h1-3,5,7,18H,4,6H2,(H,19,24)(H,22,23)(H,25,26);1-2H,3,5H2,(H,6,7);1H. The zero-order chi connectivity index (χ0) is 24.1. The third-order valence-electron chi connectivity index (χ3n) is 4.79. The summed E-state index contributed by atoms with van der Waals surface area (Å²) < 4.78 is 5.29. The van der Waals surface area contributed by atoms with Crippen LogP contribution in [-0.2, 0) is 17.9 Å². The monoisotopic (exact) mass is 500 g/mol. The zero-order valence-electron chi connectivity index (χ0n) is 18.1. The van der Waals surface area contributed by atoms with Crippen LogP contribution in [0.5, 0.6) is 5.75 Å². The fraction of sp³-hybridized carbons (Fsp3) is 0.143. The lowest BCUT2D eigenvalue weighted by molar-refractivity contribution is -0.118. The van der Waals surface area contributed by atoms with E-state index in [1.54, 1.807) is 30.6 Å². The number of imidazole rings is 1. The fourth-order valence-electron chi connectivity index (χ4n) is 3.19. The van der Waals surface area contributed by atoms with Crippen LogP contribution in [0.15, 0.2) is 43.1 Å². The van der Waals surface area contributed by atoms with E-state index in [1.807, 2.05) is 0 Å². The highest BCUT2D eigenvalue weighted by Crippen LogP contribution is 2.28. The number of benzene rings is 1. The van der Waals surface area contributed by atoms with Crippen molar-refractivity contribution in [3.63, 3.8) is 0 Å². The van der Waals surface area contributed by atoms with E-state index in [0.29, 0.717) is 18.0 Å². The minimum atomic E-state index is -1.15. The average molecular weight is 501 g/mol. The van der Waals surface area contributed by atoms with Crippen molar-refractivity contribution in [2.45, 2.75) is 13.1 Å². The van der Waals surface area contributed by atoms with Crippen LogP contribution < -0.4 is 21.1 Å². The van der Waals surface area contributed by atoms with Crippen molar-refractivity contribution in [2.24, 2.45) is 5.73 Å². The van der Waals surface area contributed by atoms with Gasteiger partial charge in [-0.05, 0) is 17.7 Å². The Bertz CT molecular complexity index is 1360. The maximum atomic E-state index is 12.5. The van der Waals surface area contributed by atoms with E-state index in [-0.39, 0.29) is 53.8 Å². The second kappa shape index (κ2) is 11.1. The van der Waals surface area contributed by atoms with Crippen LogP contribution in [0.25, 0.3) is 11.0 Å². The number of nitrogens with zero attached hydrogens (tertiary/aromatic N) is 3. The summed E-state index contributed by atoms with van der Waals surface area (Å²) in [6.45, 7) is 0.647. The zero-order valence-corrected chi connectivity index (χ0v) is 18.9. The number of carboxylic acids is 1. The third kappa shape index (κ3) is 5.72. The van der Waals surface area contributed by atoms with Crippen molar-refractivity contribution in [2.75, 3.05) is 11.9 Å². The summed E-state index contributed by atoms with van der Waals surface area (Å²) in [6.07, 6.45) is 5.85. The molecule has 1 aliphatic heterocycles. The molecule has 0 spiro atoms. The molecule has 0 aliphatic carbocycles. The van der Waals surface area contributed by atoms with E-state index in [0.717, 1.165) is 17.7 Å². The molecule has 14 heteroatoms. The number of halogens is 1. The number of carbonyl (C=O) groups excluding carboxylic acids is 2. The molecule has 0 saturated heterocycles. The Kier molecular flexibility index (Phi) is 7.96. The number of carboxylic acid groups (broad SMARTS) is 1. The Morgan fingerprint density at radius 1 is 1.20 bits per heavy atom. The van der Waals surface area contributed by atoms with Crippen LogP contribution in [0.3, 0.4) is 0 Å². The molecule has 35 heavy (non-hydrogen) atoms. The maximum absolute atomic E-state index is 12.5. The Hall–Kier alpha value is -4.49. The molecule has 0 saturated carbocycles. The van der Waals surface area contributed by atoms with E-state index in [9.17, 15) is 14.4 Å². The second-order valence-electron chi connectivity index (χ2n) is 7.04. The summed E-state index contributed by atoms with van der Waals surface area (Å²) in [5.74, 6) is -0.480. The summed E-state index contributed by atoms with van der Waals surface area (Å²) >= 11 is 0. The van der Waals surface area contributed by atoms with Gasteiger partial charge in [-0.3, -0.25) is 9.59 Å². The van der Waals surface area contributed by atoms with Crippen LogP contribution >= 0.6 is 12.4 Å². The number of ether oxygens (including phenoxy) is 1. The van der Waals surface area contributed by atoms with Gasteiger partial charge in [-0.25, -0.2) is 19.7 Å². The molecule has 1 aliphatic rings. The van der Waals surface area contributed by atoms with Crippen molar-refractivity contribution in [3.8, 4) is 5.75 Å². The highest BCUT2D eigenvalue weighted by atomic mass is 35.5. The van der Waals surface area contributed by atoms with Gasteiger partial charge >= 0.3 is 5.97 Å². The van der Waals surface area contributed by atoms with Crippen molar-refractivity contribution >= 4 is 46.9 Å². The molecule has 4 aromatic rings. The highest BCUT2D eigenvalue weighted by Gasteiger charge is 2.20. The van der Waals surface area contributed by atoms with Gasteiger partial charge in [0.05, 0.1) is 17.7 Å². The molecule has 1 aromatic carbocycles. The van der Waals surface area contributed by atoms with Crippen LogP contribution in [-0.4, -0.2) is 54.4 Å². The van der Waals surface area contributed by atoms with E-state index in [4.69, 9.17) is 15.6 Å². The molecule has 7 N–H and O–H groups in total. The number of hydrogen-bond donors (Lipinski definition) is 6. The smallest absolute Gasteiger partial charge is 0.339 e. The van der Waals surface area contributed by atoms with Crippen molar-refractivity contribution in [1.82, 2.24) is 30.2 Å². The van der Waals surface area contributed by atoms with E-state index < -0.39 is 11.9 Å². The lowest BCUT2D eigenvalue weighted by Crippen LogP contribution is -2.26. The van der Waals surface area contributed by atoms with Gasteiger partial charge < -0.3 is 36.2 Å². The molecule has 0 bridgehead atoms. The van der Waals surface area contributed by atoms with Gasteiger partial charge in [-0.2, -0.15) is 0 Å². The number of aromatic nitrogens is 5. The molecule has 182 valence electrons. The van der Waals surface area contributed by atoms with Gasteiger partial charge in [0, 0.05) is 25.1 Å². The summed E-state index contributed by atoms with van der Waals surface area (Å²) in [7, 11) is 0. The Morgan fingerprint density at radius 2 is 2.03 bits per heavy atom. The van der Waals surface area contributed by atoms with Gasteiger partial charge in [-0.1, -0.05) is 6.07 Å². The van der Waals surface area contributed by atoms with E-state index in [2.05, 4.69) is 35.6 Å². The first-order valence-electron chi connectivity index (χ1n) is 10.0. The number of carbonyl (C=O) groups is 3. The normalized spacial score (nSPS) is 11.7. The largest absolute Gasteiger partial charge is 0.482 e. The van der Waals surface area contributed by atoms with Crippen LogP contribution in [0, 0.1) is 0 Å². The predicted molar refractivity (Wildman–Crippen MR) is 126 cm³/mol. The van der Waals surface area contributed by atoms with Gasteiger partial charge in [0.25, 0.3) is 11.8 Å². The van der Waals surface area contributed by atoms with Crippen molar-refractivity contribution in [1.29, 1.82) is 0 Å². The number of hydrogen-bond acceptors (Lipinski definition) is 8. The van der Waals surface area contributed by atoms with Crippen LogP contribution in [0.1, 0.15) is 32.2 Å². The van der Waals surface area contributed by atoms with Gasteiger partial charge in [0.2, 0.25) is 0 Å². The number of fused-ring (bicyclic) bond motifs is 2. The van der Waals surface area contributed by atoms with Gasteiger partial charge in [0.1, 0.15) is 29.0 Å². The molecule has 0 atom stereocenters. The average Bonchev–Trinajstić information content (AvgIpc) is 3.52. The van der Waals surface area contributed by atoms with E-state index >= 15 is 0 Å². The number of aromatic amines is 2. The minimum Gasteiger partial charge on any atom is -0.482 e. The minimum absolute atomic E-state index is 0. The predicted octanol–water partition coefficient (Wildman–Crippen LogP) is 1.21. The highest BCUT2D eigenvalue weighted by molar-refractivity contribution is 6.08. The lowest BCUT2D eigenvalue weighted by atomic mass is 10.1. The van der Waals surface area contributed by atoms with E-state index in [1.165, 1.54) is 6.20 Å². The molecule has 13 nitrogen and oxygen atoms in total. The first-order valence-corrected chi connectivity index (χ1v) is 10.0. The first kappa shape index (κ1) is 25.1. The Morgan fingerprint density at radius 3 is 2.71 bits per heavy atom. The molecular formula is C21H21ClN8O5. The molecule has 5 rings (SSSR count). The molecule has 0 radical (unpaired) electrons. The SMILES string of the molecule is Cl.NCc1ncc[nH]1.O=C1COc2ccc(CNC(=O)c3ncnc4c(C(=O)O)c[nH]c34)cc2N1. The van der Waals surface area contributed by atoms with Crippen molar-refractivity contribution < 1.29 is 24.2 Å². The molecule has 4 heterocycles. The quantitative estimate of drug-likeness (QED) is 0.233. The number of nitrogens with two attached hydrogens (primary N) is 1. The summed E-state index contributed by atoms with van der Waals surface area (Å²) in [6, 6.07) is 5.19. The summed E-state index contributed by atoms with van der Waals surface area (Å²) in [5, 5.41) is 14.6. The number of H-pyrrole nitrogens is 2. The third-order valence-corrected chi connectivity index (χ3v) is 4.79. The number of aromatic carboxylic acids is 1. The molecule has 0 fully saturated rings. The summed E-state index contributed by atoms with van der Waals surface area (Å²) in [4.78, 5) is 52.4. The summed E-state index contributed by atoms with van der Waals surface area (Å²) in [5.41, 5.74) is 6.91. The first-order chi connectivity index (χ1) is 16.5. The molecule has 0 unspecified atom stereocenters.